The minimum Gasteiger partial charge on any atom is -0.385 e. The second kappa shape index (κ2) is 16.7. The molecular formula is C31H45FN2O3S. The Kier molecular flexibility index (Phi) is 13.3. The monoisotopic (exact) mass is 544 g/mol. The summed E-state index contributed by atoms with van der Waals surface area (Å²) in [6.07, 6.45) is 12.8. The molecule has 1 atom stereocenters. The van der Waals surface area contributed by atoms with Crippen molar-refractivity contribution in [2.45, 2.75) is 90.0 Å². The minimum absolute atomic E-state index is 0.0453. The van der Waals surface area contributed by atoms with Crippen molar-refractivity contribution in [2.75, 3.05) is 33.4 Å². The van der Waals surface area contributed by atoms with Crippen molar-refractivity contribution in [1.29, 1.82) is 0 Å². The molecule has 2 amide bonds. The number of fused-ring (bicyclic) bond motifs is 1. The Morgan fingerprint density at radius 1 is 1.00 bits per heavy atom. The maximum Gasteiger partial charge on any atom is 0.242 e. The van der Waals surface area contributed by atoms with Crippen LogP contribution in [0.5, 0.6) is 0 Å². The lowest BCUT2D eigenvalue weighted by Crippen LogP contribution is -2.47. The molecule has 7 heteroatoms. The molecule has 0 bridgehead atoms. The van der Waals surface area contributed by atoms with E-state index in [9.17, 15) is 14.0 Å². The number of amides is 2. The van der Waals surface area contributed by atoms with Crippen molar-refractivity contribution >= 4 is 23.2 Å². The van der Waals surface area contributed by atoms with Gasteiger partial charge < -0.3 is 14.5 Å². The second-order valence-corrected chi connectivity index (χ2v) is 11.3. The van der Waals surface area contributed by atoms with Gasteiger partial charge in [0.25, 0.3) is 0 Å². The van der Waals surface area contributed by atoms with Crippen LogP contribution in [0.2, 0.25) is 0 Å². The predicted molar refractivity (Wildman–Crippen MR) is 153 cm³/mol. The van der Waals surface area contributed by atoms with Crippen molar-refractivity contribution in [2.24, 2.45) is 0 Å². The van der Waals surface area contributed by atoms with Crippen molar-refractivity contribution in [3.05, 3.63) is 57.5 Å². The number of carbonyl (C=O) groups is 2. The van der Waals surface area contributed by atoms with Gasteiger partial charge in [-0.3, -0.25) is 9.59 Å². The molecule has 1 unspecified atom stereocenters. The molecule has 5 nitrogen and oxygen atoms in total. The fourth-order valence-corrected chi connectivity index (χ4v) is 6.18. The van der Waals surface area contributed by atoms with E-state index in [1.807, 2.05) is 4.90 Å². The fraction of sp³-hybridized carbons (Fsp3) is 0.613. The highest BCUT2D eigenvalue weighted by molar-refractivity contribution is 7.10. The fourth-order valence-electron chi connectivity index (χ4n) is 5.28. The van der Waals surface area contributed by atoms with E-state index < -0.39 is 0 Å². The van der Waals surface area contributed by atoms with Crippen LogP contribution in [0.4, 0.5) is 4.39 Å². The average Bonchev–Trinajstić information content (AvgIpc) is 3.40. The van der Waals surface area contributed by atoms with E-state index in [1.54, 1.807) is 35.5 Å². The van der Waals surface area contributed by atoms with E-state index >= 15 is 0 Å². The Morgan fingerprint density at radius 3 is 2.37 bits per heavy atom. The third-order valence-electron chi connectivity index (χ3n) is 7.42. The van der Waals surface area contributed by atoms with Crippen molar-refractivity contribution < 1.29 is 18.7 Å². The Hall–Kier alpha value is -2.25. The van der Waals surface area contributed by atoms with Gasteiger partial charge in [0.15, 0.2) is 0 Å². The maximum atomic E-state index is 13.7. The first-order valence-electron chi connectivity index (χ1n) is 14.4. The normalized spacial score (nSPS) is 14.9. The second-order valence-electron chi connectivity index (χ2n) is 10.3. The van der Waals surface area contributed by atoms with Crippen LogP contribution in [0.1, 0.15) is 99.6 Å². The van der Waals surface area contributed by atoms with Crippen molar-refractivity contribution in [1.82, 2.24) is 9.80 Å². The molecule has 2 aromatic rings. The lowest BCUT2D eigenvalue weighted by molar-refractivity contribution is -0.142. The number of nitrogens with zero attached hydrogens (tertiary/aromatic N) is 2. The first-order valence-corrected chi connectivity index (χ1v) is 15.3. The van der Waals surface area contributed by atoms with Crippen LogP contribution >= 0.6 is 11.3 Å². The van der Waals surface area contributed by atoms with Gasteiger partial charge in [-0.2, -0.15) is 0 Å². The van der Waals surface area contributed by atoms with Gasteiger partial charge >= 0.3 is 0 Å². The first kappa shape index (κ1) is 30.3. The largest absolute Gasteiger partial charge is 0.385 e. The number of hydrogen-bond acceptors (Lipinski definition) is 4. The van der Waals surface area contributed by atoms with Gasteiger partial charge in [-0.25, -0.2) is 4.39 Å². The summed E-state index contributed by atoms with van der Waals surface area (Å²) in [5.74, 6) is -0.308. The Labute approximate surface area is 232 Å². The lowest BCUT2D eigenvalue weighted by atomic mass is 9.93. The number of carbonyl (C=O) groups excluding carboxylic acids is 2. The van der Waals surface area contributed by atoms with Crippen LogP contribution in [0, 0.1) is 5.82 Å². The number of benzene rings is 1. The molecule has 0 aliphatic carbocycles. The van der Waals surface area contributed by atoms with Crippen molar-refractivity contribution in [3.8, 4) is 0 Å². The number of hydrogen-bond donors (Lipinski definition) is 0. The summed E-state index contributed by atoms with van der Waals surface area (Å²) in [5, 5.41) is 2.06. The molecule has 0 saturated heterocycles. The molecule has 0 fully saturated rings. The Morgan fingerprint density at radius 2 is 1.68 bits per heavy atom. The van der Waals surface area contributed by atoms with E-state index in [0.717, 1.165) is 36.8 Å². The molecule has 0 spiro atoms. The lowest BCUT2D eigenvalue weighted by Gasteiger charge is -2.37. The van der Waals surface area contributed by atoms with Gasteiger partial charge in [0.1, 0.15) is 5.82 Å². The summed E-state index contributed by atoms with van der Waals surface area (Å²) in [5.41, 5.74) is 2.00. The van der Waals surface area contributed by atoms with Gasteiger partial charge in [-0.05, 0) is 54.0 Å². The number of methoxy groups -OCH3 is 1. The molecule has 3 rings (SSSR count). The molecule has 2 heterocycles. The highest BCUT2D eigenvalue weighted by atomic mass is 32.1. The third kappa shape index (κ3) is 9.19. The summed E-state index contributed by atoms with van der Waals surface area (Å²) >= 11 is 1.70. The van der Waals surface area contributed by atoms with E-state index in [4.69, 9.17) is 4.74 Å². The van der Waals surface area contributed by atoms with Gasteiger partial charge in [0, 0.05) is 38.1 Å². The van der Waals surface area contributed by atoms with Crippen LogP contribution in [0.25, 0.3) is 0 Å². The molecule has 1 aromatic heterocycles. The number of ether oxygens (including phenoxy) is 1. The Balaban J connectivity index is 1.59. The highest BCUT2D eigenvalue weighted by Crippen LogP contribution is 2.38. The van der Waals surface area contributed by atoms with E-state index in [-0.39, 0.29) is 30.2 Å². The molecule has 0 radical (unpaired) electrons. The summed E-state index contributed by atoms with van der Waals surface area (Å²) in [6, 6.07) is 8.23. The third-order valence-corrected chi connectivity index (χ3v) is 8.42. The Bertz CT molecular complexity index is 978. The minimum atomic E-state index is -0.292. The smallest absolute Gasteiger partial charge is 0.242 e. The maximum absolute atomic E-state index is 13.7. The molecule has 0 N–H and O–H groups in total. The van der Waals surface area contributed by atoms with Crippen LogP contribution in [-0.4, -0.2) is 55.0 Å². The van der Waals surface area contributed by atoms with E-state index in [0.29, 0.717) is 32.5 Å². The zero-order chi connectivity index (χ0) is 27.2. The molecule has 1 aliphatic heterocycles. The quantitative estimate of drug-likeness (QED) is 0.199. The van der Waals surface area contributed by atoms with Gasteiger partial charge in [-0.1, -0.05) is 70.4 Å². The van der Waals surface area contributed by atoms with Crippen LogP contribution < -0.4 is 0 Å². The average molecular weight is 545 g/mol. The number of halogens is 1. The zero-order valence-electron chi connectivity index (χ0n) is 23.3. The molecule has 1 aromatic carbocycles. The highest BCUT2D eigenvalue weighted by Gasteiger charge is 2.33. The van der Waals surface area contributed by atoms with Gasteiger partial charge in [0.05, 0.1) is 12.6 Å². The topological polar surface area (TPSA) is 49.9 Å². The van der Waals surface area contributed by atoms with Gasteiger partial charge in [-0.15, -0.1) is 11.3 Å². The molecule has 38 heavy (non-hydrogen) atoms. The van der Waals surface area contributed by atoms with E-state index in [1.165, 1.54) is 55.5 Å². The van der Waals surface area contributed by atoms with Crippen molar-refractivity contribution in [3.63, 3.8) is 0 Å². The number of rotatable bonds is 17. The summed E-state index contributed by atoms with van der Waals surface area (Å²) < 4.78 is 18.9. The molecule has 0 saturated carbocycles. The zero-order valence-corrected chi connectivity index (χ0v) is 24.1. The standard InChI is InChI=1S/C31H45FN2O3S/c1-3-4-5-6-7-8-9-10-11-13-29(35)33(20-12-22-37-2)24-30(36)34-21-18-28-27(19-23-38-28)31(34)25-14-16-26(32)17-15-25/h14-17,19,23,31H,3-13,18,20-22,24H2,1-2H3. The van der Waals surface area contributed by atoms with Crippen LogP contribution in [0.15, 0.2) is 35.7 Å². The molecule has 210 valence electrons. The number of unbranched alkanes of at least 4 members (excludes halogenated alkanes) is 8. The van der Waals surface area contributed by atoms with E-state index in [2.05, 4.69) is 18.4 Å². The predicted octanol–water partition coefficient (Wildman–Crippen LogP) is 7.15. The summed E-state index contributed by atoms with van der Waals surface area (Å²) in [7, 11) is 1.65. The summed E-state index contributed by atoms with van der Waals surface area (Å²) in [6.45, 7) is 3.95. The first-order chi connectivity index (χ1) is 18.5. The summed E-state index contributed by atoms with van der Waals surface area (Å²) in [4.78, 5) is 31.7. The number of thiophene rings is 1. The van der Waals surface area contributed by atoms with Crippen LogP contribution in [0.3, 0.4) is 0 Å². The SMILES string of the molecule is CCCCCCCCCCCC(=O)N(CCCOC)CC(=O)N1CCc2sccc2C1c1ccc(F)cc1. The molecular weight excluding hydrogens is 499 g/mol. The van der Waals surface area contributed by atoms with Crippen LogP contribution in [-0.2, 0) is 20.7 Å². The van der Waals surface area contributed by atoms with Gasteiger partial charge in [0.2, 0.25) is 11.8 Å². The molecule has 1 aliphatic rings.